The fraction of sp³-hybridized carbons (Fsp3) is 0. The van der Waals surface area contributed by atoms with Gasteiger partial charge in [-0.05, 0) is 12.1 Å². The van der Waals surface area contributed by atoms with E-state index >= 15 is 0 Å². The van der Waals surface area contributed by atoms with E-state index in [2.05, 4.69) is 4.98 Å². The van der Waals surface area contributed by atoms with Gasteiger partial charge in [-0.2, -0.15) is 0 Å². The summed E-state index contributed by atoms with van der Waals surface area (Å²) in [5.41, 5.74) is 12.5. The van der Waals surface area contributed by atoms with E-state index in [1.165, 1.54) is 0 Å². The van der Waals surface area contributed by atoms with Gasteiger partial charge in [0.05, 0.1) is 5.69 Å². The topological polar surface area (TPSA) is 62.7 Å². The van der Waals surface area contributed by atoms with Crippen LogP contribution in [0.5, 0.6) is 0 Å². The molecule has 1 aromatic heterocycles. The van der Waals surface area contributed by atoms with Crippen molar-refractivity contribution in [1.82, 2.24) is 10.7 Å². The highest BCUT2D eigenvalue weighted by atomic mass is 14.9. The Kier molecular flexibility index (Phi) is 1.04. The Labute approximate surface area is 47.3 Å². The predicted octanol–water partition coefficient (Wildman–Crippen LogP) is 0.578. The van der Waals surface area contributed by atoms with Crippen molar-refractivity contribution >= 4 is 11.5 Å². The molecule has 1 rings (SSSR count). The van der Waals surface area contributed by atoms with E-state index in [1.807, 2.05) is 0 Å². The van der Waals surface area contributed by atoms with Crippen molar-refractivity contribution in [2.24, 2.45) is 0 Å². The minimum Gasteiger partial charge on any atom is -0.382 e. The van der Waals surface area contributed by atoms with Gasteiger partial charge >= 0.3 is 0 Å². The summed E-state index contributed by atoms with van der Waals surface area (Å²) >= 11 is 0. The molecule has 0 fully saturated rings. The van der Waals surface area contributed by atoms with Crippen molar-refractivity contribution in [2.75, 3.05) is 5.73 Å². The maximum Gasteiger partial charge on any atom is 0.148 e. The molecule has 0 aliphatic rings. The molecule has 3 heteroatoms. The minimum absolute atomic E-state index is 0.285. The molecule has 0 spiro atoms. The Balaban J connectivity index is 3.13. The Hall–Kier alpha value is -1.25. The molecular weight excluding hydrogens is 102 g/mol. The van der Waals surface area contributed by atoms with Crippen LogP contribution < -0.4 is 11.5 Å². The van der Waals surface area contributed by atoms with Gasteiger partial charge in [-0.1, -0.05) is 0 Å². The molecule has 0 aliphatic heterocycles. The Morgan fingerprint density at radius 1 is 1.62 bits per heavy atom. The van der Waals surface area contributed by atoms with E-state index in [1.54, 1.807) is 18.3 Å². The monoisotopic (exact) mass is 108 g/mol. The molecule has 0 aliphatic carbocycles. The van der Waals surface area contributed by atoms with Crippen LogP contribution >= 0.6 is 0 Å². The third kappa shape index (κ3) is 0.703. The van der Waals surface area contributed by atoms with Crippen LogP contribution in [0.2, 0.25) is 0 Å². The summed E-state index contributed by atoms with van der Waals surface area (Å²) in [6.07, 6.45) is 1.56. The van der Waals surface area contributed by atoms with Crippen molar-refractivity contribution in [3.05, 3.63) is 18.3 Å². The molecule has 0 aromatic carbocycles. The maximum atomic E-state index is 7.03. The quantitative estimate of drug-likeness (QED) is 0.528. The second-order valence-electron chi connectivity index (χ2n) is 1.44. The van der Waals surface area contributed by atoms with E-state index in [0.717, 1.165) is 0 Å². The van der Waals surface area contributed by atoms with Crippen LogP contribution in [-0.2, 0) is 0 Å². The number of nitrogens with zero attached hydrogens (tertiary/aromatic N) is 1. The van der Waals surface area contributed by atoms with Crippen LogP contribution in [0.3, 0.4) is 0 Å². The van der Waals surface area contributed by atoms with Crippen LogP contribution in [0.4, 0.5) is 11.5 Å². The van der Waals surface area contributed by atoms with Crippen molar-refractivity contribution in [1.29, 1.82) is 0 Å². The first-order valence-electron chi connectivity index (χ1n) is 2.23. The fourth-order valence-electron chi connectivity index (χ4n) is 0.418. The number of aromatic nitrogens is 1. The van der Waals surface area contributed by atoms with Gasteiger partial charge in [0.15, 0.2) is 0 Å². The highest BCUT2D eigenvalue weighted by Gasteiger charge is 1.88. The summed E-state index contributed by atoms with van der Waals surface area (Å²) in [5, 5.41) is 0. The number of anilines is 1. The van der Waals surface area contributed by atoms with Crippen molar-refractivity contribution < 1.29 is 0 Å². The fourth-order valence-corrected chi connectivity index (χ4v) is 0.418. The van der Waals surface area contributed by atoms with Crippen molar-refractivity contribution in [3.8, 4) is 0 Å². The summed E-state index contributed by atoms with van der Waals surface area (Å²) in [6.45, 7) is 0. The van der Waals surface area contributed by atoms with Crippen LogP contribution in [0.25, 0.3) is 0 Å². The highest BCUT2D eigenvalue weighted by molar-refractivity contribution is 5.53. The minimum atomic E-state index is 0.285. The van der Waals surface area contributed by atoms with Crippen molar-refractivity contribution in [3.63, 3.8) is 0 Å². The lowest BCUT2D eigenvalue weighted by Gasteiger charge is -1.91. The van der Waals surface area contributed by atoms with E-state index in [4.69, 9.17) is 11.5 Å². The van der Waals surface area contributed by atoms with Gasteiger partial charge in [0, 0.05) is 6.20 Å². The third-order valence-corrected chi connectivity index (χ3v) is 0.839. The zero-order chi connectivity index (χ0) is 5.98. The molecular formula is C5H6N3. The normalized spacial score (nSPS) is 9.00. The average Bonchev–Trinajstić information content (AvgIpc) is 1.77. The molecule has 0 unspecified atom stereocenters. The molecule has 41 valence electrons. The number of pyridine rings is 1. The van der Waals surface area contributed by atoms with Gasteiger partial charge < -0.3 is 5.73 Å². The summed E-state index contributed by atoms with van der Waals surface area (Å²) < 4.78 is 0. The first-order valence-corrected chi connectivity index (χ1v) is 2.23. The van der Waals surface area contributed by atoms with Crippen LogP contribution in [0.15, 0.2) is 18.3 Å². The Bertz CT molecular complexity index is 164. The number of nitrogen functional groups attached to an aromatic ring is 1. The van der Waals surface area contributed by atoms with Crippen LogP contribution in [0, 0.1) is 0 Å². The Morgan fingerprint density at radius 3 is 2.75 bits per heavy atom. The van der Waals surface area contributed by atoms with E-state index in [-0.39, 0.29) is 11.5 Å². The average molecular weight is 108 g/mol. The second kappa shape index (κ2) is 1.69. The molecule has 0 saturated heterocycles. The summed E-state index contributed by atoms with van der Waals surface area (Å²) in [5.74, 6) is 0.285. The van der Waals surface area contributed by atoms with Gasteiger partial charge in [0.2, 0.25) is 0 Å². The first kappa shape index (κ1) is 4.90. The van der Waals surface area contributed by atoms with Crippen LogP contribution in [-0.4, -0.2) is 4.98 Å². The SMILES string of the molecule is [NH]c1cccnc1N. The van der Waals surface area contributed by atoms with E-state index in [0.29, 0.717) is 0 Å². The van der Waals surface area contributed by atoms with E-state index in [9.17, 15) is 0 Å². The lowest BCUT2D eigenvalue weighted by Crippen LogP contribution is -1.89. The van der Waals surface area contributed by atoms with Gasteiger partial charge in [-0.25, -0.2) is 4.98 Å². The van der Waals surface area contributed by atoms with Gasteiger partial charge in [-0.15, -0.1) is 0 Å². The summed E-state index contributed by atoms with van der Waals surface area (Å²) in [7, 11) is 0. The molecule has 3 N–H and O–H groups in total. The smallest absolute Gasteiger partial charge is 0.148 e. The standard InChI is InChI=1S/C5H6N3/c6-4-2-1-3-8-5(4)7/h1-3,6H,(H2,7,8). The number of hydrogen-bond donors (Lipinski definition) is 1. The number of rotatable bonds is 0. The third-order valence-electron chi connectivity index (χ3n) is 0.839. The van der Waals surface area contributed by atoms with Gasteiger partial charge in [0.1, 0.15) is 5.82 Å². The number of nitrogens with one attached hydrogen (secondary N) is 1. The first-order chi connectivity index (χ1) is 3.80. The molecule has 0 amide bonds. The molecule has 1 radical (unpaired) electrons. The molecule has 8 heavy (non-hydrogen) atoms. The Morgan fingerprint density at radius 2 is 2.38 bits per heavy atom. The van der Waals surface area contributed by atoms with Crippen molar-refractivity contribution in [2.45, 2.75) is 0 Å². The zero-order valence-electron chi connectivity index (χ0n) is 4.26. The zero-order valence-corrected chi connectivity index (χ0v) is 4.26. The summed E-state index contributed by atoms with van der Waals surface area (Å²) in [4.78, 5) is 3.67. The predicted molar refractivity (Wildman–Crippen MR) is 31.4 cm³/mol. The second-order valence-corrected chi connectivity index (χ2v) is 1.44. The molecule has 3 nitrogen and oxygen atoms in total. The maximum absolute atomic E-state index is 7.03. The summed E-state index contributed by atoms with van der Waals surface area (Å²) in [6, 6.07) is 3.28. The highest BCUT2D eigenvalue weighted by Crippen LogP contribution is 2.08. The van der Waals surface area contributed by atoms with Gasteiger partial charge in [-0.3, -0.25) is 5.73 Å². The molecule has 0 bridgehead atoms. The lowest BCUT2D eigenvalue weighted by atomic mass is 10.4. The molecule has 1 heterocycles. The van der Waals surface area contributed by atoms with Gasteiger partial charge in [0.25, 0.3) is 0 Å². The molecule has 0 saturated carbocycles. The number of nitrogens with two attached hydrogens (primary N) is 1. The molecule has 1 aromatic rings. The number of hydrogen-bond acceptors (Lipinski definition) is 2. The van der Waals surface area contributed by atoms with Crippen LogP contribution in [0.1, 0.15) is 0 Å². The largest absolute Gasteiger partial charge is 0.382 e. The van der Waals surface area contributed by atoms with E-state index < -0.39 is 0 Å². The lowest BCUT2D eigenvalue weighted by molar-refractivity contribution is 1.30. The molecule has 0 atom stereocenters.